The zero-order chi connectivity index (χ0) is 17.6. The molecule has 1 aliphatic rings. The number of ether oxygens (including phenoxy) is 1. The van der Waals surface area contributed by atoms with Gasteiger partial charge in [0.25, 0.3) is 0 Å². The maximum Gasteiger partial charge on any atom is 0.410 e. The van der Waals surface area contributed by atoms with Gasteiger partial charge in [-0.1, -0.05) is 18.2 Å². The molecule has 9 heteroatoms. The largest absolute Gasteiger partial charge is 0.453 e. The Balaban J connectivity index is 1.67. The minimum Gasteiger partial charge on any atom is -0.453 e. The maximum atomic E-state index is 12.5. The number of carbonyl (C=O) groups is 2. The van der Waals surface area contributed by atoms with Crippen LogP contribution in [0.2, 0.25) is 0 Å². The van der Waals surface area contributed by atoms with Crippen molar-refractivity contribution >= 4 is 12.0 Å². The van der Waals surface area contributed by atoms with E-state index in [2.05, 4.69) is 20.8 Å². The molecule has 1 aromatic carbocycles. The highest BCUT2D eigenvalue weighted by Gasteiger charge is 2.32. The number of tetrazole rings is 1. The molecule has 1 aliphatic heterocycles. The van der Waals surface area contributed by atoms with E-state index in [1.54, 1.807) is 4.68 Å². The van der Waals surface area contributed by atoms with E-state index in [0.29, 0.717) is 18.8 Å². The van der Waals surface area contributed by atoms with Gasteiger partial charge in [-0.3, -0.25) is 9.69 Å². The van der Waals surface area contributed by atoms with Gasteiger partial charge in [0, 0.05) is 6.54 Å². The van der Waals surface area contributed by atoms with Crippen LogP contribution in [0.25, 0.3) is 5.69 Å². The van der Waals surface area contributed by atoms with Gasteiger partial charge in [0.1, 0.15) is 6.04 Å². The minimum absolute atomic E-state index is 0.173. The number of methoxy groups -OCH3 is 1. The number of para-hydroxylation sites is 1. The second-order valence-electron chi connectivity index (χ2n) is 5.74. The average Bonchev–Trinajstić information content (AvgIpc) is 3.14. The number of nitrogens with zero attached hydrogens (tertiary/aromatic N) is 5. The van der Waals surface area contributed by atoms with E-state index in [4.69, 9.17) is 4.74 Å². The normalized spacial score (nSPS) is 17.2. The van der Waals surface area contributed by atoms with Gasteiger partial charge in [0.05, 0.1) is 19.3 Å². The first-order chi connectivity index (χ1) is 12.2. The summed E-state index contributed by atoms with van der Waals surface area (Å²) in [5.41, 5.74) is 0.811. The predicted octanol–water partition coefficient (Wildman–Crippen LogP) is 0.899. The number of piperidine rings is 1. The first-order valence-electron chi connectivity index (χ1n) is 8.15. The molecule has 1 saturated heterocycles. The van der Waals surface area contributed by atoms with Crippen molar-refractivity contribution in [1.82, 2.24) is 30.4 Å². The van der Waals surface area contributed by atoms with Crippen molar-refractivity contribution in [3.63, 3.8) is 0 Å². The van der Waals surface area contributed by atoms with Crippen LogP contribution >= 0.6 is 0 Å². The third-order valence-corrected chi connectivity index (χ3v) is 4.17. The van der Waals surface area contributed by atoms with Crippen molar-refractivity contribution in [3.8, 4) is 5.69 Å². The van der Waals surface area contributed by atoms with E-state index in [0.717, 1.165) is 18.5 Å². The van der Waals surface area contributed by atoms with Crippen LogP contribution in [0.15, 0.2) is 30.3 Å². The number of rotatable bonds is 4. The summed E-state index contributed by atoms with van der Waals surface area (Å²) in [6.07, 6.45) is 1.90. The third-order valence-electron chi connectivity index (χ3n) is 4.17. The van der Waals surface area contributed by atoms with Crippen molar-refractivity contribution < 1.29 is 14.3 Å². The molecule has 0 spiro atoms. The molecule has 132 valence electrons. The van der Waals surface area contributed by atoms with Crippen molar-refractivity contribution in [1.29, 1.82) is 0 Å². The number of carbonyl (C=O) groups excluding carboxylic acids is 2. The summed E-state index contributed by atoms with van der Waals surface area (Å²) in [4.78, 5) is 25.8. The molecular formula is C16H20N6O3. The van der Waals surface area contributed by atoms with Crippen LogP contribution in [0, 0.1) is 0 Å². The van der Waals surface area contributed by atoms with Gasteiger partial charge in [0.2, 0.25) is 5.91 Å². The Kier molecular flexibility index (Phi) is 5.22. The molecule has 25 heavy (non-hydrogen) atoms. The molecule has 0 saturated carbocycles. The maximum absolute atomic E-state index is 12.5. The summed E-state index contributed by atoms with van der Waals surface area (Å²) in [5, 5.41) is 14.4. The van der Waals surface area contributed by atoms with Gasteiger partial charge in [0.15, 0.2) is 5.82 Å². The molecule has 0 radical (unpaired) electrons. The van der Waals surface area contributed by atoms with Gasteiger partial charge in [-0.2, -0.15) is 4.68 Å². The molecule has 0 bridgehead atoms. The molecule has 1 N–H and O–H groups in total. The lowest BCUT2D eigenvalue weighted by Crippen LogP contribution is -2.51. The fourth-order valence-corrected chi connectivity index (χ4v) is 2.91. The standard InChI is InChI=1S/C16H20N6O3/c1-25-16(24)21-10-6-5-9-13(21)15(23)17-11-14-18-19-20-22(14)12-7-3-2-4-8-12/h2-4,7-8,13H,5-6,9-11H2,1H3,(H,17,23)/t13-/m0/s1. The van der Waals surface area contributed by atoms with Gasteiger partial charge in [-0.25, -0.2) is 4.79 Å². The molecule has 9 nitrogen and oxygen atoms in total. The van der Waals surface area contributed by atoms with Crippen LogP contribution in [0.5, 0.6) is 0 Å². The van der Waals surface area contributed by atoms with E-state index in [1.807, 2.05) is 30.3 Å². The van der Waals surface area contributed by atoms with Crippen LogP contribution in [0.1, 0.15) is 25.1 Å². The fraction of sp³-hybridized carbons (Fsp3) is 0.438. The van der Waals surface area contributed by atoms with Crippen LogP contribution in [0.3, 0.4) is 0 Å². The monoisotopic (exact) mass is 344 g/mol. The van der Waals surface area contributed by atoms with Gasteiger partial charge in [-0.05, 0) is 41.8 Å². The van der Waals surface area contributed by atoms with Crippen molar-refractivity contribution in [2.75, 3.05) is 13.7 Å². The average molecular weight is 344 g/mol. The smallest absolute Gasteiger partial charge is 0.410 e. The molecular weight excluding hydrogens is 324 g/mol. The van der Waals surface area contributed by atoms with E-state index in [1.165, 1.54) is 12.0 Å². The van der Waals surface area contributed by atoms with Crippen LogP contribution in [0.4, 0.5) is 4.79 Å². The quantitative estimate of drug-likeness (QED) is 0.884. The lowest BCUT2D eigenvalue weighted by Gasteiger charge is -2.33. The highest BCUT2D eigenvalue weighted by Crippen LogP contribution is 2.18. The summed E-state index contributed by atoms with van der Waals surface area (Å²) in [5.74, 6) is 0.285. The van der Waals surface area contributed by atoms with E-state index in [9.17, 15) is 9.59 Å². The van der Waals surface area contributed by atoms with Crippen LogP contribution < -0.4 is 5.32 Å². The lowest BCUT2D eigenvalue weighted by molar-refractivity contribution is -0.127. The highest BCUT2D eigenvalue weighted by atomic mass is 16.5. The topological polar surface area (TPSA) is 102 Å². The Morgan fingerprint density at radius 3 is 2.84 bits per heavy atom. The molecule has 0 aliphatic carbocycles. The Morgan fingerprint density at radius 1 is 1.28 bits per heavy atom. The second-order valence-corrected chi connectivity index (χ2v) is 5.74. The molecule has 1 aromatic heterocycles. The molecule has 1 atom stereocenters. The Morgan fingerprint density at radius 2 is 2.08 bits per heavy atom. The third kappa shape index (κ3) is 3.76. The number of likely N-dealkylation sites (tertiary alicyclic amines) is 1. The number of hydrogen-bond acceptors (Lipinski definition) is 6. The van der Waals surface area contributed by atoms with E-state index < -0.39 is 12.1 Å². The number of amides is 2. The Hall–Kier alpha value is -2.97. The van der Waals surface area contributed by atoms with Gasteiger partial charge in [-0.15, -0.1) is 5.10 Å². The molecule has 0 unspecified atom stereocenters. The van der Waals surface area contributed by atoms with Crippen LogP contribution in [-0.4, -0.2) is 56.8 Å². The minimum atomic E-state index is -0.526. The summed E-state index contributed by atoms with van der Waals surface area (Å²) < 4.78 is 6.34. The Bertz CT molecular complexity index is 732. The molecule has 3 rings (SSSR count). The predicted molar refractivity (Wildman–Crippen MR) is 87.8 cm³/mol. The molecule has 2 heterocycles. The van der Waals surface area contributed by atoms with Crippen molar-refractivity contribution in [3.05, 3.63) is 36.2 Å². The zero-order valence-electron chi connectivity index (χ0n) is 14.0. The molecule has 1 fully saturated rings. The van der Waals surface area contributed by atoms with E-state index >= 15 is 0 Å². The SMILES string of the molecule is COC(=O)N1CCCC[C@H]1C(=O)NCc1nnnn1-c1ccccc1. The second kappa shape index (κ2) is 7.73. The summed E-state index contributed by atoms with van der Waals surface area (Å²) in [7, 11) is 1.32. The molecule has 2 amide bonds. The highest BCUT2D eigenvalue weighted by molar-refractivity contribution is 5.85. The number of hydrogen-bond donors (Lipinski definition) is 1. The van der Waals surface area contributed by atoms with E-state index in [-0.39, 0.29) is 12.5 Å². The Labute approximate surface area is 144 Å². The van der Waals surface area contributed by atoms with Crippen molar-refractivity contribution in [2.45, 2.75) is 31.8 Å². The summed E-state index contributed by atoms with van der Waals surface area (Å²) in [6.45, 7) is 0.693. The summed E-state index contributed by atoms with van der Waals surface area (Å²) >= 11 is 0. The lowest BCUT2D eigenvalue weighted by atomic mass is 10.0. The van der Waals surface area contributed by atoms with Crippen LogP contribution in [-0.2, 0) is 16.1 Å². The number of aromatic nitrogens is 4. The zero-order valence-corrected chi connectivity index (χ0v) is 14.0. The first-order valence-corrected chi connectivity index (χ1v) is 8.15. The van der Waals surface area contributed by atoms with Crippen molar-refractivity contribution in [2.24, 2.45) is 0 Å². The summed E-state index contributed by atoms with van der Waals surface area (Å²) in [6, 6.07) is 8.90. The molecule has 2 aromatic rings. The fourth-order valence-electron chi connectivity index (χ4n) is 2.91. The number of nitrogens with one attached hydrogen (secondary N) is 1. The van der Waals surface area contributed by atoms with Gasteiger partial charge < -0.3 is 10.1 Å². The number of benzene rings is 1. The first kappa shape index (κ1) is 16.9. The van der Waals surface area contributed by atoms with Gasteiger partial charge >= 0.3 is 6.09 Å².